The summed E-state index contributed by atoms with van der Waals surface area (Å²) in [6, 6.07) is 0. The highest BCUT2D eigenvalue weighted by molar-refractivity contribution is 7.72. The second kappa shape index (κ2) is 8.79. The van der Waals surface area contributed by atoms with Crippen molar-refractivity contribution in [3.63, 3.8) is 0 Å². The molecule has 100 valence electrons. The first-order valence-electron chi connectivity index (χ1n) is 6.35. The molecule has 1 N–H and O–H groups in total. The lowest BCUT2D eigenvalue weighted by Gasteiger charge is -2.23. The predicted octanol–water partition coefficient (Wildman–Crippen LogP) is 3.09. The molecule has 0 aromatic rings. The average Bonchev–Trinajstić information content (AvgIpc) is 2.20. The Bertz CT molecular complexity index is 246. The molecular weight excluding hydrogens is 233 g/mol. The summed E-state index contributed by atoms with van der Waals surface area (Å²) < 4.78 is 0.572. The van der Waals surface area contributed by atoms with Gasteiger partial charge in [-0.1, -0.05) is 32.3 Å². The van der Waals surface area contributed by atoms with Crippen LogP contribution in [0, 0.1) is 0 Å². The lowest BCUT2D eigenvalue weighted by atomic mass is 10.2. The third-order valence-electron chi connectivity index (χ3n) is 2.34. The Morgan fingerprint density at radius 2 is 1.88 bits per heavy atom. The Hall–Kier alpha value is -0.240. The zero-order valence-corrected chi connectivity index (χ0v) is 12.5. The summed E-state index contributed by atoms with van der Waals surface area (Å²) in [6.07, 6.45) is 7.81. The van der Waals surface area contributed by atoms with Gasteiger partial charge >= 0.3 is 0 Å². The fourth-order valence-electron chi connectivity index (χ4n) is 1.42. The van der Waals surface area contributed by atoms with Crippen LogP contribution in [0.1, 0.15) is 39.0 Å². The van der Waals surface area contributed by atoms with E-state index in [0.29, 0.717) is 11.0 Å². The van der Waals surface area contributed by atoms with Gasteiger partial charge in [-0.25, -0.2) is 0 Å². The second-order valence-corrected chi connectivity index (χ2v) is 6.91. The Balaban J connectivity index is 3.80. The number of quaternary nitrogens is 1. The Kier molecular flexibility index (Phi) is 8.67. The Labute approximate surface area is 107 Å². The first kappa shape index (κ1) is 16.8. The number of hydrogen-bond acceptors (Lipinski definition) is 2. The minimum Gasteiger partial charge on any atom is -0.362 e. The summed E-state index contributed by atoms with van der Waals surface area (Å²) in [5, 5.41) is 0. The highest BCUT2D eigenvalue weighted by Crippen LogP contribution is 2.33. The predicted molar refractivity (Wildman–Crippen MR) is 74.9 cm³/mol. The van der Waals surface area contributed by atoms with Crippen molar-refractivity contribution in [2.45, 2.75) is 39.0 Å². The van der Waals surface area contributed by atoms with Crippen molar-refractivity contribution in [1.29, 1.82) is 0 Å². The zero-order valence-electron chi connectivity index (χ0n) is 11.6. The first-order valence-corrected chi connectivity index (χ1v) is 7.71. The van der Waals surface area contributed by atoms with E-state index >= 15 is 0 Å². The molecule has 0 amide bonds. The SMILES string of the molecule is CCCCCCC=CP(O)C(=O)C[N+](C)(C)C. The highest BCUT2D eigenvalue weighted by atomic mass is 31.1. The topological polar surface area (TPSA) is 37.3 Å². The van der Waals surface area contributed by atoms with E-state index in [-0.39, 0.29) is 5.52 Å². The minimum atomic E-state index is -1.57. The molecule has 0 bridgehead atoms. The van der Waals surface area contributed by atoms with E-state index in [1.165, 1.54) is 19.3 Å². The largest absolute Gasteiger partial charge is 0.362 e. The van der Waals surface area contributed by atoms with Gasteiger partial charge in [0.1, 0.15) is 14.7 Å². The molecular formula is C13H27NO2P+. The van der Waals surface area contributed by atoms with E-state index in [0.717, 1.165) is 12.8 Å². The fraction of sp³-hybridized carbons (Fsp3) is 0.769. The molecule has 4 heteroatoms. The van der Waals surface area contributed by atoms with Gasteiger partial charge in [-0.2, -0.15) is 0 Å². The zero-order chi connectivity index (χ0) is 13.3. The van der Waals surface area contributed by atoms with Crippen molar-refractivity contribution in [2.24, 2.45) is 0 Å². The first-order chi connectivity index (χ1) is 7.87. The van der Waals surface area contributed by atoms with Crippen LogP contribution >= 0.6 is 8.15 Å². The number of allylic oxidation sites excluding steroid dienone is 1. The number of carbonyl (C=O) groups excluding carboxylic acids is 1. The summed E-state index contributed by atoms with van der Waals surface area (Å²) in [5.74, 6) is 1.69. The van der Waals surface area contributed by atoms with Crippen LogP contribution < -0.4 is 0 Å². The molecule has 0 aliphatic heterocycles. The molecule has 0 aliphatic carbocycles. The van der Waals surface area contributed by atoms with Crippen molar-refractivity contribution in [1.82, 2.24) is 0 Å². The molecule has 0 fully saturated rings. The minimum absolute atomic E-state index is 0.0442. The van der Waals surface area contributed by atoms with Gasteiger partial charge < -0.3 is 9.38 Å². The molecule has 0 heterocycles. The lowest BCUT2D eigenvalue weighted by molar-refractivity contribution is -0.861. The number of hydrogen-bond donors (Lipinski definition) is 1. The molecule has 0 aromatic carbocycles. The smallest absolute Gasteiger partial charge is 0.238 e. The van der Waals surface area contributed by atoms with E-state index in [2.05, 4.69) is 6.92 Å². The van der Waals surface area contributed by atoms with E-state index < -0.39 is 8.15 Å². The molecule has 0 spiro atoms. The summed E-state index contributed by atoms with van der Waals surface area (Å²) in [5.41, 5.74) is -0.0442. The Morgan fingerprint density at radius 3 is 2.41 bits per heavy atom. The van der Waals surface area contributed by atoms with Crippen LogP contribution in [0.4, 0.5) is 0 Å². The quantitative estimate of drug-likeness (QED) is 0.393. The number of likely N-dealkylation sites (N-methyl/N-ethyl adjacent to an activating group) is 1. The van der Waals surface area contributed by atoms with E-state index in [4.69, 9.17) is 0 Å². The molecule has 0 aromatic heterocycles. The Morgan fingerprint density at radius 1 is 1.24 bits per heavy atom. The molecule has 0 rings (SSSR count). The van der Waals surface area contributed by atoms with E-state index in [1.54, 1.807) is 5.82 Å². The molecule has 0 saturated heterocycles. The van der Waals surface area contributed by atoms with Crippen molar-refractivity contribution in [3.8, 4) is 0 Å². The average molecular weight is 260 g/mol. The molecule has 1 unspecified atom stereocenters. The number of rotatable bonds is 9. The van der Waals surface area contributed by atoms with Crippen LogP contribution in [-0.2, 0) is 4.79 Å². The molecule has 17 heavy (non-hydrogen) atoms. The summed E-state index contributed by atoms with van der Waals surface area (Å²) in [7, 11) is 4.30. The van der Waals surface area contributed by atoms with Crippen molar-refractivity contribution >= 4 is 13.7 Å². The maximum absolute atomic E-state index is 11.6. The van der Waals surface area contributed by atoms with E-state index in [9.17, 15) is 9.69 Å². The standard InChI is InChI=1S/C13H27NO2P/c1-5-6-7-8-9-10-11-17(16)13(15)12-14(2,3)4/h10-11,16H,5-9,12H2,1-4H3/q+1. The van der Waals surface area contributed by atoms with Gasteiger partial charge in [0.15, 0.2) is 0 Å². The third-order valence-corrected chi connectivity index (χ3v) is 3.48. The van der Waals surface area contributed by atoms with Gasteiger partial charge in [-0.3, -0.25) is 4.79 Å². The van der Waals surface area contributed by atoms with E-state index in [1.807, 2.05) is 27.2 Å². The summed E-state index contributed by atoms with van der Waals surface area (Å²) in [4.78, 5) is 21.3. The van der Waals surface area contributed by atoms with Crippen molar-refractivity contribution < 1.29 is 14.2 Å². The van der Waals surface area contributed by atoms with Gasteiger partial charge in [0.25, 0.3) is 0 Å². The van der Waals surface area contributed by atoms with Crippen molar-refractivity contribution in [2.75, 3.05) is 27.7 Å². The van der Waals surface area contributed by atoms with Gasteiger partial charge in [-0.15, -0.1) is 0 Å². The van der Waals surface area contributed by atoms with Gasteiger partial charge in [-0.05, 0) is 18.7 Å². The third kappa shape index (κ3) is 10.6. The molecule has 3 nitrogen and oxygen atoms in total. The maximum Gasteiger partial charge on any atom is 0.238 e. The van der Waals surface area contributed by atoms with Gasteiger partial charge in [0.05, 0.1) is 21.1 Å². The number of unbranched alkanes of at least 4 members (excludes halogenated alkanes) is 4. The van der Waals surface area contributed by atoms with Crippen LogP contribution in [0.2, 0.25) is 0 Å². The monoisotopic (exact) mass is 260 g/mol. The summed E-state index contributed by atoms with van der Waals surface area (Å²) >= 11 is 0. The molecule has 0 aliphatic rings. The molecule has 0 radical (unpaired) electrons. The fourth-order valence-corrected chi connectivity index (χ4v) is 2.51. The van der Waals surface area contributed by atoms with Gasteiger partial charge in [0, 0.05) is 0 Å². The van der Waals surface area contributed by atoms with Crippen LogP contribution in [0.25, 0.3) is 0 Å². The highest BCUT2D eigenvalue weighted by Gasteiger charge is 2.20. The molecule has 1 atom stereocenters. The van der Waals surface area contributed by atoms with Crippen molar-refractivity contribution in [3.05, 3.63) is 11.9 Å². The lowest BCUT2D eigenvalue weighted by Crippen LogP contribution is -2.38. The summed E-state index contributed by atoms with van der Waals surface area (Å²) in [6.45, 7) is 2.58. The molecule has 0 saturated carbocycles. The maximum atomic E-state index is 11.6. The number of carbonyl (C=O) groups is 1. The number of nitrogens with zero attached hydrogens (tertiary/aromatic N) is 1. The van der Waals surface area contributed by atoms with Crippen LogP contribution in [-0.4, -0.2) is 42.6 Å². The van der Waals surface area contributed by atoms with Gasteiger partial charge in [0.2, 0.25) is 5.52 Å². The van der Waals surface area contributed by atoms with Crippen LogP contribution in [0.3, 0.4) is 0 Å². The normalized spacial score (nSPS) is 14.2. The van der Waals surface area contributed by atoms with Crippen LogP contribution in [0.5, 0.6) is 0 Å². The van der Waals surface area contributed by atoms with Crippen LogP contribution in [0.15, 0.2) is 11.9 Å². The second-order valence-electron chi connectivity index (χ2n) is 5.42.